The minimum Gasteiger partial charge on any atom is -0.394 e. The molecule has 0 amide bonds. The molecule has 0 spiro atoms. The van der Waals surface area contributed by atoms with Gasteiger partial charge in [0.15, 0.2) is 0 Å². The summed E-state index contributed by atoms with van der Waals surface area (Å²) in [6, 6.07) is 6.66. The van der Waals surface area contributed by atoms with E-state index >= 15 is 0 Å². The standard InChI is InChI=1S/C11H15NOS/c1-14-9-3-2-8-4-5-12-11(7-13)10(8)6-9/h2-3,6,11-13H,4-5,7H2,1H3/t11-/m0/s1. The number of fused-ring (bicyclic) bond motifs is 1. The van der Waals surface area contributed by atoms with E-state index < -0.39 is 0 Å². The van der Waals surface area contributed by atoms with E-state index in [1.165, 1.54) is 16.0 Å². The van der Waals surface area contributed by atoms with Gasteiger partial charge < -0.3 is 10.4 Å². The fraction of sp³-hybridized carbons (Fsp3) is 0.455. The molecule has 2 rings (SSSR count). The molecule has 0 aromatic heterocycles. The Morgan fingerprint density at radius 2 is 2.43 bits per heavy atom. The van der Waals surface area contributed by atoms with Gasteiger partial charge >= 0.3 is 0 Å². The lowest BCUT2D eigenvalue weighted by atomic mass is 9.95. The van der Waals surface area contributed by atoms with Crippen LogP contribution in [0, 0.1) is 0 Å². The number of aliphatic hydroxyl groups excluding tert-OH is 1. The predicted octanol–water partition coefficient (Wildman–Crippen LogP) is 1.59. The van der Waals surface area contributed by atoms with E-state index in [1.807, 2.05) is 0 Å². The zero-order chi connectivity index (χ0) is 9.97. The van der Waals surface area contributed by atoms with Crippen molar-refractivity contribution in [2.45, 2.75) is 17.4 Å². The van der Waals surface area contributed by atoms with Gasteiger partial charge in [-0.1, -0.05) is 6.07 Å². The molecule has 0 bridgehead atoms. The van der Waals surface area contributed by atoms with Crippen LogP contribution < -0.4 is 5.32 Å². The van der Waals surface area contributed by atoms with Crippen molar-refractivity contribution in [3.8, 4) is 0 Å². The summed E-state index contributed by atoms with van der Waals surface area (Å²) in [5.74, 6) is 0. The van der Waals surface area contributed by atoms with Crippen LogP contribution in [0.1, 0.15) is 17.2 Å². The van der Waals surface area contributed by atoms with E-state index in [4.69, 9.17) is 0 Å². The molecule has 1 heterocycles. The Hall–Kier alpha value is -0.510. The first-order valence-corrected chi connectivity index (χ1v) is 6.08. The molecule has 0 saturated carbocycles. The van der Waals surface area contributed by atoms with Crippen LogP contribution in [0.3, 0.4) is 0 Å². The maximum Gasteiger partial charge on any atom is 0.0626 e. The highest BCUT2D eigenvalue weighted by Crippen LogP contribution is 2.26. The average Bonchev–Trinajstić information content (AvgIpc) is 2.27. The van der Waals surface area contributed by atoms with Crippen LogP contribution in [0.5, 0.6) is 0 Å². The molecular weight excluding hydrogens is 194 g/mol. The molecular formula is C11H15NOS. The number of hydrogen-bond donors (Lipinski definition) is 2. The van der Waals surface area contributed by atoms with Gasteiger partial charge in [0.25, 0.3) is 0 Å². The molecule has 0 saturated heterocycles. The third-order valence-corrected chi connectivity index (χ3v) is 3.42. The summed E-state index contributed by atoms with van der Waals surface area (Å²) in [5.41, 5.74) is 2.64. The fourth-order valence-corrected chi connectivity index (χ4v) is 2.35. The Bertz CT molecular complexity index is 327. The number of benzene rings is 1. The van der Waals surface area contributed by atoms with Crippen molar-refractivity contribution >= 4 is 11.8 Å². The van der Waals surface area contributed by atoms with Crippen LogP contribution in [0.25, 0.3) is 0 Å². The third kappa shape index (κ3) is 1.80. The molecule has 1 atom stereocenters. The minimum atomic E-state index is 0.130. The first-order chi connectivity index (χ1) is 6.85. The van der Waals surface area contributed by atoms with Gasteiger partial charge in [0.2, 0.25) is 0 Å². The van der Waals surface area contributed by atoms with Crippen LogP contribution in [-0.2, 0) is 6.42 Å². The van der Waals surface area contributed by atoms with Gasteiger partial charge in [-0.05, 0) is 42.5 Å². The van der Waals surface area contributed by atoms with E-state index in [0.29, 0.717) is 0 Å². The molecule has 0 radical (unpaired) electrons. The van der Waals surface area contributed by atoms with E-state index in [-0.39, 0.29) is 12.6 Å². The van der Waals surface area contributed by atoms with Crippen LogP contribution in [0.4, 0.5) is 0 Å². The van der Waals surface area contributed by atoms with E-state index in [9.17, 15) is 5.11 Å². The zero-order valence-electron chi connectivity index (χ0n) is 8.29. The van der Waals surface area contributed by atoms with Crippen molar-refractivity contribution in [2.75, 3.05) is 19.4 Å². The first kappa shape index (κ1) is 10.0. The van der Waals surface area contributed by atoms with Crippen molar-refractivity contribution in [1.29, 1.82) is 0 Å². The summed E-state index contributed by atoms with van der Waals surface area (Å²) >= 11 is 1.74. The molecule has 2 nitrogen and oxygen atoms in total. The number of aliphatic hydroxyl groups is 1. The lowest BCUT2D eigenvalue weighted by Crippen LogP contribution is -2.32. The smallest absolute Gasteiger partial charge is 0.0626 e. The van der Waals surface area contributed by atoms with Gasteiger partial charge in [-0.25, -0.2) is 0 Å². The Labute approximate surface area is 88.7 Å². The zero-order valence-corrected chi connectivity index (χ0v) is 9.10. The van der Waals surface area contributed by atoms with Gasteiger partial charge in [-0.15, -0.1) is 11.8 Å². The topological polar surface area (TPSA) is 32.3 Å². The van der Waals surface area contributed by atoms with Gasteiger partial charge in [0, 0.05) is 4.90 Å². The second-order valence-corrected chi connectivity index (χ2v) is 4.38. The predicted molar refractivity (Wildman–Crippen MR) is 59.8 cm³/mol. The molecule has 76 valence electrons. The van der Waals surface area contributed by atoms with Crippen LogP contribution in [-0.4, -0.2) is 24.5 Å². The number of thioether (sulfide) groups is 1. The van der Waals surface area contributed by atoms with Gasteiger partial charge in [-0.2, -0.15) is 0 Å². The lowest BCUT2D eigenvalue weighted by Gasteiger charge is -2.25. The quantitative estimate of drug-likeness (QED) is 0.725. The first-order valence-electron chi connectivity index (χ1n) is 4.86. The highest BCUT2D eigenvalue weighted by atomic mass is 32.2. The number of rotatable bonds is 2. The minimum absolute atomic E-state index is 0.130. The Kier molecular flexibility index (Phi) is 3.11. The summed E-state index contributed by atoms with van der Waals surface area (Å²) in [5, 5.41) is 12.5. The number of hydrogen-bond acceptors (Lipinski definition) is 3. The normalized spacial score (nSPS) is 20.6. The summed E-state index contributed by atoms with van der Waals surface area (Å²) in [6.45, 7) is 1.15. The van der Waals surface area contributed by atoms with Gasteiger partial charge in [-0.3, -0.25) is 0 Å². The summed E-state index contributed by atoms with van der Waals surface area (Å²) in [7, 11) is 0. The second kappa shape index (κ2) is 4.34. The van der Waals surface area contributed by atoms with Crippen molar-refractivity contribution < 1.29 is 5.11 Å². The highest BCUT2D eigenvalue weighted by molar-refractivity contribution is 7.98. The molecule has 0 aliphatic carbocycles. The van der Waals surface area contributed by atoms with E-state index in [0.717, 1.165) is 13.0 Å². The third-order valence-electron chi connectivity index (χ3n) is 2.70. The fourth-order valence-electron chi connectivity index (χ4n) is 1.91. The van der Waals surface area contributed by atoms with Crippen molar-refractivity contribution in [3.05, 3.63) is 29.3 Å². The van der Waals surface area contributed by atoms with Crippen molar-refractivity contribution in [3.63, 3.8) is 0 Å². The van der Waals surface area contributed by atoms with Crippen LogP contribution in [0.2, 0.25) is 0 Å². The Balaban J connectivity index is 2.38. The monoisotopic (exact) mass is 209 g/mol. The largest absolute Gasteiger partial charge is 0.394 e. The number of nitrogens with one attached hydrogen (secondary N) is 1. The molecule has 3 heteroatoms. The summed E-state index contributed by atoms with van der Waals surface area (Å²) < 4.78 is 0. The lowest BCUT2D eigenvalue weighted by molar-refractivity contribution is 0.240. The highest BCUT2D eigenvalue weighted by Gasteiger charge is 2.18. The Morgan fingerprint density at radius 1 is 1.57 bits per heavy atom. The molecule has 0 unspecified atom stereocenters. The summed E-state index contributed by atoms with van der Waals surface area (Å²) in [6.07, 6.45) is 3.15. The Morgan fingerprint density at radius 3 is 3.14 bits per heavy atom. The van der Waals surface area contributed by atoms with Crippen LogP contribution in [0.15, 0.2) is 23.1 Å². The second-order valence-electron chi connectivity index (χ2n) is 3.50. The average molecular weight is 209 g/mol. The molecule has 0 fully saturated rings. The molecule has 14 heavy (non-hydrogen) atoms. The van der Waals surface area contributed by atoms with Crippen LogP contribution >= 0.6 is 11.8 Å². The molecule has 2 N–H and O–H groups in total. The molecule has 1 aromatic carbocycles. The van der Waals surface area contributed by atoms with Crippen molar-refractivity contribution in [2.24, 2.45) is 0 Å². The maximum atomic E-state index is 9.23. The van der Waals surface area contributed by atoms with E-state index in [2.05, 4.69) is 29.8 Å². The van der Waals surface area contributed by atoms with E-state index in [1.54, 1.807) is 11.8 Å². The SMILES string of the molecule is CSc1ccc2c(c1)[C@H](CO)NCC2. The van der Waals surface area contributed by atoms with Crippen molar-refractivity contribution in [1.82, 2.24) is 5.32 Å². The molecule has 1 aromatic rings. The molecule has 1 aliphatic heterocycles. The van der Waals surface area contributed by atoms with Gasteiger partial charge in [0.05, 0.1) is 12.6 Å². The molecule has 1 aliphatic rings. The van der Waals surface area contributed by atoms with Gasteiger partial charge in [0.1, 0.15) is 0 Å². The maximum absolute atomic E-state index is 9.23. The summed E-state index contributed by atoms with van der Waals surface area (Å²) in [4.78, 5) is 1.27.